The molecule has 2 aliphatic heterocycles. The molecule has 6 heteroatoms. The average Bonchev–Trinajstić information content (AvgIpc) is 3.23. The second-order valence-corrected chi connectivity index (χ2v) is 6.14. The van der Waals surface area contributed by atoms with Gasteiger partial charge in [0.05, 0.1) is 17.7 Å². The molecule has 3 rings (SSSR count). The Hall–Kier alpha value is -2.39. The molecule has 120 valence electrons. The number of likely N-dealkylation sites (tertiary alicyclic amines) is 1. The van der Waals surface area contributed by atoms with Crippen LogP contribution in [-0.2, 0) is 4.79 Å². The number of carbonyl (C=O) groups is 2. The van der Waals surface area contributed by atoms with Crippen molar-refractivity contribution in [2.24, 2.45) is 0 Å². The number of carboxylic acid groups (broad SMARTS) is 1. The lowest BCUT2D eigenvalue weighted by molar-refractivity contribution is -0.133. The van der Waals surface area contributed by atoms with E-state index in [1.54, 1.807) is 23.1 Å². The molecule has 1 aromatic rings. The number of amides is 1. The summed E-state index contributed by atoms with van der Waals surface area (Å²) < 4.78 is 0. The number of hydrogen-bond acceptors (Lipinski definition) is 4. The fourth-order valence-electron chi connectivity index (χ4n) is 3.47. The molecule has 0 bridgehead atoms. The zero-order valence-electron chi connectivity index (χ0n) is 12.7. The number of hydrogen-bond donors (Lipinski definition) is 2. The first-order valence-electron chi connectivity index (χ1n) is 7.87. The van der Waals surface area contributed by atoms with Crippen molar-refractivity contribution < 1.29 is 14.7 Å². The number of benzene rings is 1. The maximum atomic E-state index is 12.6. The molecular formula is C17H19N3O3. The summed E-state index contributed by atoms with van der Waals surface area (Å²) in [5.41, 5.74) is 1.20. The lowest BCUT2D eigenvalue weighted by Crippen LogP contribution is -2.45. The van der Waals surface area contributed by atoms with E-state index in [9.17, 15) is 9.59 Å². The topological polar surface area (TPSA) is 93.4 Å². The molecule has 2 N–H and O–H groups in total. The van der Waals surface area contributed by atoms with Crippen LogP contribution < -0.4 is 5.32 Å². The Morgan fingerprint density at radius 3 is 2.96 bits per heavy atom. The van der Waals surface area contributed by atoms with Crippen molar-refractivity contribution in [3.05, 3.63) is 35.4 Å². The summed E-state index contributed by atoms with van der Waals surface area (Å²) in [6.45, 7) is 1.29. The maximum absolute atomic E-state index is 12.6. The van der Waals surface area contributed by atoms with Gasteiger partial charge >= 0.3 is 5.97 Å². The molecule has 0 saturated carbocycles. The lowest BCUT2D eigenvalue weighted by atomic mass is 9.94. The first kappa shape index (κ1) is 15.5. The molecule has 0 aliphatic carbocycles. The Labute approximate surface area is 134 Å². The van der Waals surface area contributed by atoms with E-state index in [1.807, 2.05) is 6.07 Å². The Balaban J connectivity index is 1.69. The fraction of sp³-hybridized carbons (Fsp3) is 0.471. The van der Waals surface area contributed by atoms with E-state index in [-0.39, 0.29) is 29.5 Å². The van der Waals surface area contributed by atoms with Crippen LogP contribution in [0.5, 0.6) is 0 Å². The third-order valence-corrected chi connectivity index (χ3v) is 4.72. The Morgan fingerprint density at radius 2 is 2.22 bits per heavy atom. The van der Waals surface area contributed by atoms with Crippen LogP contribution in [0, 0.1) is 11.3 Å². The molecule has 2 fully saturated rings. The minimum Gasteiger partial charge on any atom is -0.478 e. The summed E-state index contributed by atoms with van der Waals surface area (Å²) in [4.78, 5) is 25.3. The van der Waals surface area contributed by atoms with E-state index in [4.69, 9.17) is 10.4 Å². The van der Waals surface area contributed by atoms with Gasteiger partial charge in [0.1, 0.15) is 6.04 Å². The zero-order valence-corrected chi connectivity index (χ0v) is 12.7. The third kappa shape index (κ3) is 3.06. The largest absolute Gasteiger partial charge is 0.478 e. The molecule has 2 aliphatic rings. The summed E-state index contributed by atoms with van der Waals surface area (Å²) in [5, 5.41) is 21.4. The van der Waals surface area contributed by atoms with Gasteiger partial charge < -0.3 is 15.3 Å². The van der Waals surface area contributed by atoms with Crippen LogP contribution in [0.25, 0.3) is 0 Å². The van der Waals surface area contributed by atoms with Crippen LogP contribution in [0.1, 0.15) is 41.1 Å². The van der Waals surface area contributed by atoms with Crippen molar-refractivity contribution in [2.75, 3.05) is 13.1 Å². The van der Waals surface area contributed by atoms with Gasteiger partial charge in [-0.3, -0.25) is 4.79 Å². The van der Waals surface area contributed by atoms with E-state index < -0.39 is 5.97 Å². The number of carbonyl (C=O) groups excluding carboxylic acids is 1. The monoisotopic (exact) mass is 313 g/mol. The number of carboxylic acids is 1. The van der Waals surface area contributed by atoms with Gasteiger partial charge in [-0.25, -0.2) is 4.79 Å². The normalized spacial score (nSPS) is 26.9. The molecule has 0 spiro atoms. The summed E-state index contributed by atoms with van der Waals surface area (Å²) in [6.07, 6.45) is 2.26. The summed E-state index contributed by atoms with van der Waals surface area (Å²) in [5.74, 6) is -0.836. The SMILES string of the molecule is N#C[C@@H]1CCCN1C(=O)[C@@H]1C[C@H](c2cccc(C(=O)O)c2)CN1. The molecule has 0 unspecified atom stereocenters. The molecule has 23 heavy (non-hydrogen) atoms. The number of aromatic carboxylic acids is 1. The van der Waals surface area contributed by atoms with E-state index in [2.05, 4.69) is 11.4 Å². The quantitative estimate of drug-likeness (QED) is 0.878. The Kier molecular flexibility index (Phi) is 4.30. The van der Waals surface area contributed by atoms with Crippen molar-refractivity contribution in [2.45, 2.75) is 37.3 Å². The van der Waals surface area contributed by atoms with Crippen LogP contribution in [0.3, 0.4) is 0 Å². The van der Waals surface area contributed by atoms with E-state index >= 15 is 0 Å². The van der Waals surface area contributed by atoms with Crippen molar-refractivity contribution in [1.29, 1.82) is 5.26 Å². The van der Waals surface area contributed by atoms with Crippen LogP contribution >= 0.6 is 0 Å². The van der Waals surface area contributed by atoms with Gasteiger partial charge in [0.25, 0.3) is 0 Å². The first-order valence-corrected chi connectivity index (χ1v) is 7.87. The summed E-state index contributed by atoms with van der Waals surface area (Å²) >= 11 is 0. The Bertz CT molecular complexity index is 667. The average molecular weight is 313 g/mol. The highest BCUT2D eigenvalue weighted by Crippen LogP contribution is 2.28. The van der Waals surface area contributed by atoms with Crippen LogP contribution in [0.2, 0.25) is 0 Å². The predicted octanol–water partition coefficient (Wildman–Crippen LogP) is 1.34. The summed E-state index contributed by atoms with van der Waals surface area (Å²) in [7, 11) is 0. The smallest absolute Gasteiger partial charge is 0.335 e. The number of nitrogens with one attached hydrogen (secondary N) is 1. The highest BCUT2D eigenvalue weighted by atomic mass is 16.4. The molecule has 0 aromatic heterocycles. The maximum Gasteiger partial charge on any atom is 0.335 e. The van der Waals surface area contributed by atoms with Crippen molar-refractivity contribution in [1.82, 2.24) is 10.2 Å². The van der Waals surface area contributed by atoms with Gasteiger partial charge in [-0.1, -0.05) is 12.1 Å². The fourth-order valence-corrected chi connectivity index (χ4v) is 3.47. The first-order chi connectivity index (χ1) is 11.1. The molecular weight excluding hydrogens is 294 g/mol. The minimum absolute atomic E-state index is 0.00839. The molecule has 0 radical (unpaired) electrons. The van der Waals surface area contributed by atoms with E-state index in [0.717, 1.165) is 18.4 Å². The number of nitriles is 1. The van der Waals surface area contributed by atoms with Gasteiger partial charge in [-0.2, -0.15) is 5.26 Å². The number of nitrogens with zero attached hydrogens (tertiary/aromatic N) is 2. The van der Waals surface area contributed by atoms with Gasteiger partial charge in [0.2, 0.25) is 5.91 Å². The van der Waals surface area contributed by atoms with Crippen molar-refractivity contribution >= 4 is 11.9 Å². The molecule has 1 aromatic carbocycles. The molecule has 2 heterocycles. The third-order valence-electron chi connectivity index (χ3n) is 4.72. The van der Waals surface area contributed by atoms with Crippen molar-refractivity contribution in [3.8, 4) is 6.07 Å². The molecule has 2 saturated heterocycles. The molecule has 1 amide bonds. The Morgan fingerprint density at radius 1 is 1.39 bits per heavy atom. The zero-order chi connectivity index (χ0) is 16.4. The standard InChI is InChI=1S/C17H19N3O3/c18-9-14-5-2-6-20(14)16(21)15-8-13(10-19-15)11-3-1-4-12(7-11)17(22)23/h1,3-4,7,13-15,19H,2,5-6,8,10H2,(H,22,23)/t13-,14-,15-/m0/s1. The van der Waals surface area contributed by atoms with Crippen LogP contribution in [-0.4, -0.2) is 47.1 Å². The van der Waals surface area contributed by atoms with Gasteiger partial charge in [-0.05, 0) is 42.9 Å². The van der Waals surface area contributed by atoms with Gasteiger partial charge in [0.15, 0.2) is 0 Å². The molecule has 3 atom stereocenters. The van der Waals surface area contributed by atoms with Crippen LogP contribution in [0.4, 0.5) is 0 Å². The van der Waals surface area contributed by atoms with Crippen LogP contribution in [0.15, 0.2) is 24.3 Å². The highest BCUT2D eigenvalue weighted by molar-refractivity contribution is 5.88. The van der Waals surface area contributed by atoms with Crippen molar-refractivity contribution in [3.63, 3.8) is 0 Å². The minimum atomic E-state index is -0.945. The van der Waals surface area contributed by atoms with E-state index in [0.29, 0.717) is 19.5 Å². The highest BCUT2D eigenvalue weighted by Gasteiger charge is 2.37. The second kappa shape index (κ2) is 6.39. The molecule has 6 nitrogen and oxygen atoms in total. The summed E-state index contributed by atoms with van der Waals surface area (Å²) in [6, 6.07) is 8.48. The van der Waals surface area contributed by atoms with E-state index in [1.165, 1.54) is 0 Å². The lowest BCUT2D eigenvalue weighted by Gasteiger charge is -2.23. The van der Waals surface area contributed by atoms with Gasteiger partial charge in [0, 0.05) is 13.1 Å². The predicted molar refractivity (Wildman–Crippen MR) is 82.9 cm³/mol. The number of rotatable bonds is 3. The second-order valence-electron chi connectivity index (χ2n) is 6.14. The van der Waals surface area contributed by atoms with Gasteiger partial charge in [-0.15, -0.1) is 0 Å².